The van der Waals surface area contributed by atoms with Crippen LogP contribution >= 0.6 is 0 Å². The maximum atomic E-state index is 10.3. The molecule has 0 fully saturated rings. The summed E-state index contributed by atoms with van der Waals surface area (Å²) in [6, 6.07) is 0. The lowest BCUT2D eigenvalue weighted by molar-refractivity contribution is -0.107. The van der Waals surface area contributed by atoms with Crippen LogP contribution in [0.2, 0.25) is 0 Å². The molecule has 1 aliphatic rings. The van der Waals surface area contributed by atoms with E-state index in [9.17, 15) is 4.79 Å². The van der Waals surface area contributed by atoms with Crippen molar-refractivity contribution in [3.8, 4) is 0 Å². The van der Waals surface area contributed by atoms with Gasteiger partial charge in [0.25, 0.3) is 0 Å². The highest BCUT2D eigenvalue weighted by atomic mass is 16.1. The van der Waals surface area contributed by atoms with Crippen LogP contribution in [-0.4, -0.2) is 16.5 Å². The number of aromatic nitrogens is 2. The van der Waals surface area contributed by atoms with E-state index in [1.54, 1.807) is 0 Å². The molecule has 0 bridgehead atoms. The van der Waals surface area contributed by atoms with Crippen LogP contribution in [0.3, 0.4) is 0 Å². The highest BCUT2D eigenvalue weighted by Crippen LogP contribution is 2.21. The molecule has 1 aromatic rings. The third-order valence-corrected chi connectivity index (χ3v) is 2.42. The Balaban J connectivity index is 2.31. The summed E-state index contributed by atoms with van der Waals surface area (Å²) in [5.74, 6) is 0. The first-order valence-corrected chi connectivity index (χ1v) is 4.40. The Kier molecular flexibility index (Phi) is 1.94. The first-order chi connectivity index (χ1) is 5.92. The normalized spacial score (nSPS) is 15.7. The molecule has 0 radical (unpaired) electrons. The highest BCUT2D eigenvalue weighted by Gasteiger charge is 2.15. The van der Waals surface area contributed by atoms with E-state index in [4.69, 9.17) is 0 Å². The molecular weight excluding hydrogens is 152 g/mol. The lowest BCUT2D eigenvalue weighted by Crippen LogP contribution is -2.02. The number of carbonyl (C=O) groups is 1. The second-order valence-electron chi connectivity index (χ2n) is 3.21. The Hall–Kier alpha value is -1.12. The van der Waals surface area contributed by atoms with E-state index in [0.29, 0.717) is 6.42 Å². The molecule has 3 heteroatoms. The van der Waals surface area contributed by atoms with Gasteiger partial charge in [0.05, 0.1) is 5.69 Å². The number of H-pyrrole nitrogens is 1. The van der Waals surface area contributed by atoms with Crippen molar-refractivity contribution in [1.29, 1.82) is 0 Å². The summed E-state index contributed by atoms with van der Waals surface area (Å²) in [5, 5.41) is 7.13. The van der Waals surface area contributed by atoms with E-state index in [0.717, 1.165) is 24.8 Å². The molecule has 0 aliphatic heterocycles. The number of aromatic amines is 1. The number of nitrogens with one attached hydrogen (secondary N) is 1. The van der Waals surface area contributed by atoms with Crippen molar-refractivity contribution < 1.29 is 4.79 Å². The SMILES string of the molecule is O=CCc1n[nH]c2c1CCCC2. The van der Waals surface area contributed by atoms with E-state index >= 15 is 0 Å². The molecule has 0 saturated heterocycles. The van der Waals surface area contributed by atoms with Crippen LogP contribution in [0.4, 0.5) is 0 Å². The minimum atomic E-state index is 0.464. The Morgan fingerprint density at radius 3 is 3.08 bits per heavy atom. The smallest absolute Gasteiger partial charge is 0.126 e. The van der Waals surface area contributed by atoms with Gasteiger partial charge in [-0.25, -0.2) is 0 Å². The van der Waals surface area contributed by atoms with Crippen LogP contribution in [-0.2, 0) is 24.1 Å². The van der Waals surface area contributed by atoms with E-state index in [1.165, 1.54) is 24.1 Å². The topological polar surface area (TPSA) is 45.8 Å². The molecular formula is C9H12N2O. The van der Waals surface area contributed by atoms with Crippen LogP contribution in [0.1, 0.15) is 29.8 Å². The molecule has 64 valence electrons. The van der Waals surface area contributed by atoms with E-state index < -0.39 is 0 Å². The standard InChI is InChI=1S/C9H12N2O/c12-6-5-9-7-3-1-2-4-8(7)10-11-9/h6H,1-5H2,(H,10,11). The van der Waals surface area contributed by atoms with Crippen molar-refractivity contribution in [1.82, 2.24) is 10.2 Å². The van der Waals surface area contributed by atoms with Crippen LogP contribution in [0.5, 0.6) is 0 Å². The van der Waals surface area contributed by atoms with Gasteiger partial charge in [-0.2, -0.15) is 5.10 Å². The van der Waals surface area contributed by atoms with Crippen molar-refractivity contribution in [2.45, 2.75) is 32.1 Å². The predicted molar refractivity (Wildman–Crippen MR) is 45.0 cm³/mol. The fourth-order valence-corrected chi connectivity index (χ4v) is 1.80. The molecule has 1 aromatic heterocycles. The van der Waals surface area contributed by atoms with Gasteiger partial charge in [0.2, 0.25) is 0 Å². The van der Waals surface area contributed by atoms with Crippen LogP contribution in [0.25, 0.3) is 0 Å². The van der Waals surface area contributed by atoms with Gasteiger partial charge < -0.3 is 4.79 Å². The zero-order valence-corrected chi connectivity index (χ0v) is 6.97. The third kappa shape index (κ3) is 1.15. The maximum Gasteiger partial charge on any atom is 0.126 e. The molecule has 2 rings (SSSR count). The lowest BCUT2D eigenvalue weighted by atomic mass is 9.95. The summed E-state index contributed by atoms with van der Waals surface area (Å²) in [5.41, 5.74) is 3.51. The van der Waals surface area contributed by atoms with Crippen molar-refractivity contribution in [3.05, 3.63) is 17.0 Å². The molecule has 0 aromatic carbocycles. The van der Waals surface area contributed by atoms with Gasteiger partial charge in [-0.15, -0.1) is 0 Å². The third-order valence-electron chi connectivity index (χ3n) is 2.42. The highest BCUT2D eigenvalue weighted by molar-refractivity contribution is 5.55. The summed E-state index contributed by atoms with van der Waals surface area (Å²) in [6.07, 6.45) is 6.06. The Bertz CT molecular complexity index is 291. The van der Waals surface area contributed by atoms with Crippen molar-refractivity contribution in [2.75, 3.05) is 0 Å². The van der Waals surface area contributed by atoms with Gasteiger partial charge in [0, 0.05) is 12.1 Å². The number of aryl methyl sites for hydroxylation is 1. The first kappa shape index (κ1) is 7.53. The maximum absolute atomic E-state index is 10.3. The second kappa shape index (κ2) is 3.09. The second-order valence-corrected chi connectivity index (χ2v) is 3.21. The number of rotatable bonds is 2. The molecule has 0 atom stereocenters. The van der Waals surface area contributed by atoms with Gasteiger partial charge >= 0.3 is 0 Å². The quantitative estimate of drug-likeness (QED) is 0.663. The van der Waals surface area contributed by atoms with E-state index in [-0.39, 0.29) is 0 Å². The van der Waals surface area contributed by atoms with Crippen molar-refractivity contribution >= 4 is 6.29 Å². The molecule has 0 saturated carbocycles. The zero-order valence-electron chi connectivity index (χ0n) is 6.97. The fourth-order valence-electron chi connectivity index (χ4n) is 1.80. The number of carbonyl (C=O) groups excluding carboxylic acids is 1. The van der Waals surface area contributed by atoms with Crippen molar-refractivity contribution in [3.63, 3.8) is 0 Å². The van der Waals surface area contributed by atoms with E-state index in [2.05, 4.69) is 10.2 Å². The average molecular weight is 164 g/mol. The molecule has 0 spiro atoms. The Morgan fingerprint density at radius 1 is 1.42 bits per heavy atom. The number of hydrogen-bond donors (Lipinski definition) is 1. The van der Waals surface area contributed by atoms with Gasteiger partial charge in [0.15, 0.2) is 0 Å². The fraction of sp³-hybridized carbons (Fsp3) is 0.556. The molecule has 1 N–H and O–H groups in total. The number of aldehydes is 1. The summed E-state index contributed by atoms with van der Waals surface area (Å²) < 4.78 is 0. The molecule has 1 aliphatic carbocycles. The predicted octanol–water partition coefficient (Wildman–Crippen LogP) is 1.03. The number of nitrogens with zero attached hydrogens (tertiary/aromatic N) is 1. The summed E-state index contributed by atoms with van der Waals surface area (Å²) >= 11 is 0. The van der Waals surface area contributed by atoms with Gasteiger partial charge in [-0.1, -0.05) is 0 Å². The minimum absolute atomic E-state index is 0.464. The molecule has 3 nitrogen and oxygen atoms in total. The largest absolute Gasteiger partial charge is 0.303 e. The number of fused-ring (bicyclic) bond motifs is 1. The summed E-state index contributed by atoms with van der Waals surface area (Å²) in [4.78, 5) is 10.3. The lowest BCUT2D eigenvalue weighted by Gasteiger charge is -2.09. The minimum Gasteiger partial charge on any atom is -0.303 e. The summed E-state index contributed by atoms with van der Waals surface area (Å²) in [7, 11) is 0. The van der Waals surface area contributed by atoms with Crippen LogP contribution in [0, 0.1) is 0 Å². The van der Waals surface area contributed by atoms with Crippen LogP contribution in [0.15, 0.2) is 0 Å². The average Bonchev–Trinajstić information content (AvgIpc) is 2.50. The van der Waals surface area contributed by atoms with E-state index in [1.807, 2.05) is 0 Å². The monoisotopic (exact) mass is 164 g/mol. The molecule has 0 unspecified atom stereocenters. The molecule has 1 heterocycles. The number of hydrogen-bond acceptors (Lipinski definition) is 2. The Labute approximate surface area is 71.2 Å². The van der Waals surface area contributed by atoms with Gasteiger partial charge in [-0.3, -0.25) is 5.10 Å². The van der Waals surface area contributed by atoms with Gasteiger partial charge in [0.1, 0.15) is 6.29 Å². The van der Waals surface area contributed by atoms with Gasteiger partial charge in [-0.05, 0) is 31.2 Å². The summed E-state index contributed by atoms with van der Waals surface area (Å²) in [6.45, 7) is 0. The Morgan fingerprint density at radius 2 is 2.25 bits per heavy atom. The zero-order chi connectivity index (χ0) is 8.39. The first-order valence-electron chi connectivity index (χ1n) is 4.40. The van der Waals surface area contributed by atoms with Crippen LogP contribution < -0.4 is 0 Å². The molecule has 0 amide bonds. The molecule has 12 heavy (non-hydrogen) atoms. The van der Waals surface area contributed by atoms with Crippen molar-refractivity contribution in [2.24, 2.45) is 0 Å².